The molecule has 14 aromatic heterocycles. The Morgan fingerprint density at radius 1 is 0.552 bits per heavy atom. The number of carbonyl (C=O) groups is 4. The zero-order valence-electron chi connectivity index (χ0n) is 75.0. The average molecular weight is 1830 g/mol. The number of amides is 3. The van der Waals surface area contributed by atoms with E-state index in [0.717, 1.165) is 141 Å². The predicted octanol–water partition coefficient (Wildman–Crippen LogP) is 10.2. The van der Waals surface area contributed by atoms with Crippen LogP contribution in [0.2, 0.25) is 0 Å². The minimum atomic E-state index is -1.22. The zero-order valence-corrected chi connectivity index (χ0v) is 75.8. The number of fused-ring (bicyclic) bond motifs is 3. The van der Waals surface area contributed by atoms with Crippen molar-refractivity contribution in [2.75, 3.05) is 138 Å². The second-order valence-corrected chi connectivity index (χ2v) is 35.0. The van der Waals surface area contributed by atoms with Crippen molar-refractivity contribution >= 4 is 109 Å². The predicted molar refractivity (Wildman–Crippen MR) is 512 cm³/mol. The van der Waals surface area contributed by atoms with Gasteiger partial charge in [0.1, 0.15) is 44.8 Å². The molecule has 134 heavy (non-hydrogen) atoms. The summed E-state index contributed by atoms with van der Waals surface area (Å²) in [4.78, 5) is 114. The fourth-order valence-electron chi connectivity index (χ4n) is 17.5. The third-order valence-electron chi connectivity index (χ3n) is 24.7. The van der Waals surface area contributed by atoms with Crippen molar-refractivity contribution in [3.05, 3.63) is 222 Å². The number of piperidine rings is 1. The van der Waals surface area contributed by atoms with E-state index in [2.05, 4.69) is 118 Å². The summed E-state index contributed by atoms with van der Waals surface area (Å²) in [5.74, 6) is 2.84. The lowest BCUT2D eigenvalue weighted by Gasteiger charge is -2.39. The number of anilines is 9. The lowest BCUT2D eigenvalue weighted by Crippen LogP contribution is -2.50. The van der Waals surface area contributed by atoms with Crippen LogP contribution < -0.4 is 62.8 Å². The first kappa shape index (κ1) is 89.8. The van der Waals surface area contributed by atoms with E-state index in [-0.39, 0.29) is 52.6 Å². The van der Waals surface area contributed by atoms with Crippen LogP contribution in [-0.4, -0.2) is 253 Å². The molecule has 692 valence electrons. The number of nitrogens with two attached hydrogens (primary N) is 1. The highest BCUT2D eigenvalue weighted by Crippen LogP contribution is 2.39. The third kappa shape index (κ3) is 21.0. The van der Waals surface area contributed by atoms with E-state index in [1.807, 2.05) is 93.1 Å². The Kier molecular flexibility index (Phi) is 27.7. The summed E-state index contributed by atoms with van der Waals surface area (Å²) >= 11 is 1.53. The fraction of sp³-hybridized carbons (Fsp3) is 0.366. The Morgan fingerprint density at radius 2 is 1.18 bits per heavy atom. The molecule has 3 atom stereocenters. The molecule has 41 heteroatoms. The molecule has 18 heterocycles. The number of H-pyrrole nitrogens is 1. The number of nitrogens with zero attached hydrogens (tertiary/aromatic N) is 25. The van der Waals surface area contributed by atoms with Gasteiger partial charge in [0.2, 0.25) is 5.95 Å². The number of carbonyl (C=O) groups excluding carboxylic acids is 3. The van der Waals surface area contributed by atoms with Gasteiger partial charge in [0.05, 0.1) is 59.1 Å². The van der Waals surface area contributed by atoms with Gasteiger partial charge in [-0.05, 0) is 131 Å². The van der Waals surface area contributed by atoms with Crippen molar-refractivity contribution in [1.82, 2.24) is 113 Å². The number of piperazine rings is 2. The van der Waals surface area contributed by atoms with E-state index in [1.54, 1.807) is 111 Å². The summed E-state index contributed by atoms with van der Waals surface area (Å²) in [7, 11) is 3.36. The molecule has 6 fully saturated rings. The van der Waals surface area contributed by atoms with Crippen molar-refractivity contribution in [2.45, 2.75) is 115 Å². The number of aromatic amines is 1. The molecule has 3 amide bonds. The second kappa shape index (κ2) is 41.3. The Morgan fingerprint density at radius 3 is 1.78 bits per heavy atom. The van der Waals surface area contributed by atoms with Crippen LogP contribution in [0.25, 0.3) is 55.0 Å². The number of thiazole rings is 1. The topological polar surface area (TPSA) is 454 Å². The normalized spacial score (nSPS) is 17.3. The molecule has 0 unspecified atom stereocenters. The summed E-state index contributed by atoms with van der Waals surface area (Å²) in [6.07, 6.45) is 36.7. The van der Waals surface area contributed by atoms with Gasteiger partial charge in [0, 0.05) is 196 Å². The third-order valence-corrected chi connectivity index (χ3v) is 25.8. The summed E-state index contributed by atoms with van der Waals surface area (Å²) in [5.41, 5.74) is 15.1. The van der Waals surface area contributed by atoms with Crippen LogP contribution in [0.15, 0.2) is 182 Å². The van der Waals surface area contributed by atoms with E-state index in [1.165, 1.54) is 86.0 Å². The molecule has 40 nitrogen and oxygen atoms in total. The van der Waals surface area contributed by atoms with Crippen LogP contribution >= 0.6 is 11.3 Å². The number of aromatic carboxylic acids is 1. The van der Waals surface area contributed by atoms with E-state index in [9.17, 15) is 24.0 Å². The number of nitrogens with one attached hydrogen (secondary N) is 7. The fourth-order valence-corrected chi connectivity index (χ4v) is 18.6. The second-order valence-electron chi connectivity index (χ2n) is 34.0. The highest BCUT2D eigenvalue weighted by Gasteiger charge is 2.32. The molecule has 21 rings (SSSR count). The Bertz CT molecular complexity index is 6650. The maximum atomic E-state index is 13.6. The summed E-state index contributed by atoms with van der Waals surface area (Å²) in [6, 6.07) is 31.6. The number of aryl methyl sites for hydroxylation is 4. The largest absolute Gasteiger partial charge is 0.476 e. The molecule has 6 aliphatic rings. The number of hydrogen-bond donors (Lipinski definition) is 9. The van der Waals surface area contributed by atoms with Crippen LogP contribution in [0.1, 0.15) is 130 Å². The van der Waals surface area contributed by atoms with Crippen molar-refractivity contribution in [1.29, 1.82) is 0 Å². The van der Waals surface area contributed by atoms with Crippen molar-refractivity contribution in [3.8, 4) is 33.5 Å². The number of rotatable bonds is 20. The zero-order chi connectivity index (χ0) is 92.1. The summed E-state index contributed by atoms with van der Waals surface area (Å²) in [5, 5.41) is 55.1. The number of ether oxygens (including phenoxy) is 1. The first-order valence-corrected chi connectivity index (χ1v) is 46.3. The first-order valence-electron chi connectivity index (χ1n) is 45.5. The molecule has 4 saturated heterocycles. The van der Waals surface area contributed by atoms with E-state index in [4.69, 9.17) is 35.7 Å². The maximum Gasteiger partial charge on any atom is 0.358 e. The number of benzene rings is 1. The number of morpholine rings is 1. The first-order chi connectivity index (χ1) is 65.4. The van der Waals surface area contributed by atoms with Gasteiger partial charge in [0.25, 0.3) is 23.3 Å². The molecule has 1 aromatic carbocycles. The molecule has 10 N–H and O–H groups in total. The van der Waals surface area contributed by atoms with Gasteiger partial charge in [-0.1, -0.05) is 62.8 Å². The average Bonchev–Trinajstić information content (AvgIpc) is 1.70. The Labute approximate surface area is 774 Å². The van der Waals surface area contributed by atoms with Gasteiger partial charge in [-0.15, -0.1) is 21.5 Å². The summed E-state index contributed by atoms with van der Waals surface area (Å²) in [6.45, 7) is 15.7. The van der Waals surface area contributed by atoms with Crippen LogP contribution in [0.4, 0.5) is 52.1 Å². The standard InChI is InChI=1S/C27H33N9O.C26H36N8O2S.C25H24N10O.C15H14N6O3/c1-20-9-10-23(29-18-20)36-24(31-27(37)22-19-30-35-12-6-11-28-26(22)35)17-25(32-36)34-15-13-33(14-16-34)21-7-4-2-3-5-8-21;27-17-6-1-2-7-18(17)30-19-8-3-9-20-22(19)37-25(31-20)21-23(29-16-5-4-10-28-15-16)32-26(33-24(21)35)34-11-13-36-14-12-34;1-18-3-4-21(28-16-18)35-22(30-25(36)20-17-29-34-10-2-7-27-24(20)34)15-23(31-35)33-13-11-32(12-14-33)19-5-8-26-9-6-19;1-20-7-9(6-16-20)10-4-3-5-11(17-10)14(22)18-12-8-21(2)19-13(12)15(23)24/h6,9-12,17-19,21H,2-5,7-8,13-16H2,1H3,(H,31,37);3,8-9,16-18,28,30H,1-2,4-7,10-15,27H2,(H2,29,32,33,35);2-10,15-17H,11-14H2,1H3,(H,30,36);3-8H,1-2H3,(H,18,22)(H,23,24)/t;16-,17+,18-;;/m.1../s1. The quantitative estimate of drug-likeness (QED) is 0.0320. The minimum absolute atomic E-state index is 0.114. The van der Waals surface area contributed by atoms with Gasteiger partial charge in [0.15, 0.2) is 40.3 Å². The number of carboxylic acid groups (broad SMARTS) is 1. The molecular weight excluding hydrogens is 1720 g/mol. The number of pyridine rings is 4. The lowest BCUT2D eigenvalue weighted by atomic mass is 9.91. The number of aromatic nitrogens is 21. The molecule has 2 aliphatic carbocycles. The Balaban J connectivity index is 0.000000121. The summed E-state index contributed by atoms with van der Waals surface area (Å²) < 4.78 is 16.0. The van der Waals surface area contributed by atoms with E-state index in [0.29, 0.717) is 106 Å². The molecule has 0 bridgehead atoms. The molecule has 15 aromatic rings. The highest BCUT2D eigenvalue weighted by molar-refractivity contribution is 7.22. The van der Waals surface area contributed by atoms with Gasteiger partial charge in [-0.25, -0.2) is 43.7 Å². The number of hydrogen-bond acceptors (Lipinski definition) is 30. The highest BCUT2D eigenvalue weighted by atomic mass is 32.1. The molecule has 0 spiro atoms. The van der Waals surface area contributed by atoms with E-state index < -0.39 is 11.9 Å². The SMILES string of the molecule is Cc1ccc(-n2nc(N3CCN(C4CCCCCC4)CC3)cc2NC(=O)c2cnn3cccnc23)nc1.Cc1ccc(-n2nc(N3CCN(c4ccncc4)CC3)cc2NC(=O)c2cnn3cccnc23)nc1.Cn1cc(-c2cccc(C(=O)Nc3cn(C)nc3C(=O)O)n2)cn1.N[C@H]1CCCC[C@H]1Nc1cccc2nc(-c3c(N[C@@H]4CCCNC4)nc(N4CCOCC4)[nH]c3=O)sc12. The minimum Gasteiger partial charge on any atom is -0.476 e. The molecule has 2 saturated carbocycles. The molecule has 0 radical (unpaired) electrons. The van der Waals surface area contributed by atoms with Crippen molar-refractivity contribution in [2.24, 2.45) is 19.8 Å². The monoisotopic (exact) mass is 1830 g/mol. The van der Waals surface area contributed by atoms with Gasteiger partial charge < -0.3 is 67.1 Å². The van der Waals surface area contributed by atoms with Crippen molar-refractivity contribution in [3.63, 3.8) is 0 Å². The van der Waals surface area contributed by atoms with Crippen LogP contribution in [-0.2, 0) is 18.8 Å². The van der Waals surface area contributed by atoms with E-state index >= 15 is 0 Å². The molecule has 4 aliphatic heterocycles. The van der Waals surface area contributed by atoms with Crippen LogP contribution in [0, 0.1) is 13.8 Å². The van der Waals surface area contributed by atoms with Gasteiger partial charge >= 0.3 is 5.97 Å². The van der Waals surface area contributed by atoms with Crippen molar-refractivity contribution < 1.29 is 29.0 Å². The van der Waals surface area contributed by atoms with Crippen LogP contribution in [0.3, 0.4) is 0 Å². The lowest BCUT2D eigenvalue weighted by molar-refractivity contribution is 0.0690. The van der Waals surface area contributed by atoms with Gasteiger partial charge in [-0.2, -0.15) is 34.7 Å². The Hall–Kier alpha value is -14.8. The van der Waals surface area contributed by atoms with Gasteiger partial charge in [-0.3, -0.25) is 43.4 Å². The molecular formula is C93H107N33O7S. The number of carboxylic acids is 1. The van der Waals surface area contributed by atoms with Crippen LogP contribution in [0.5, 0.6) is 0 Å². The maximum absolute atomic E-state index is 13.6. The smallest absolute Gasteiger partial charge is 0.358 e.